The van der Waals surface area contributed by atoms with Crippen LogP contribution in [0.4, 0.5) is 0 Å². The van der Waals surface area contributed by atoms with Crippen LogP contribution in [0.3, 0.4) is 0 Å². The molecule has 2 atom stereocenters. The third-order valence-corrected chi connectivity index (χ3v) is 3.78. The summed E-state index contributed by atoms with van der Waals surface area (Å²) in [7, 11) is 0. The van der Waals surface area contributed by atoms with E-state index in [-0.39, 0.29) is 6.29 Å². The number of benzene rings is 1. The number of furan rings is 1. The van der Waals surface area contributed by atoms with Crippen LogP contribution in [0.15, 0.2) is 28.7 Å². The Morgan fingerprint density at radius 2 is 2.17 bits per heavy atom. The summed E-state index contributed by atoms with van der Waals surface area (Å²) in [6, 6.07) is 8.17. The van der Waals surface area contributed by atoms with Crippen LogP contribution >= 0.6 is 0 Å². The van der Waals surface area contributed by atoms with E-state index >= 15 is 0 Å². The van der Waals surface area contributed by atoms with Gasteiger partial charge in [0.2, 0.25) is 0 Å². The predicted molar refractivity (Wildman–Crippen MR) is 70.6 cm³/mol. The minimum atomic E-state index is -0.170. The molecule has 2 heterocycles. The van der Waals surface area contributed by atoms with Crippen LogP contribution in [0, 0.1) is 5.92 Å². The molecule has 1 aliphatic heterocycles. The van der Waals surface area contributed by atoms with E-state index in [9.17, 15) is 0 Å². The first kappa shape index (κ1) is 10.2. The van der Waals surface area contributed by atoms with E-state index in [1.807, 2.05) is 18.2 Å². The Balaban J connectivity index is 2.12. The fraction of sp³-hybridized carbons (Fsp3) is 0.286. The molecule has 4 heteroatoms. The second-order valence-corrected chi connectivity index (χ2v) is 4.92. The Kier molecular flexibility index (Phi) is 2.04. The Bertz CT molecular complexity index is 731. The first-order chi connectivity index (χ1) is 8.83. The molecule has 4 rings (SSSR count). The van der Waals surface area contributed by atoms with E-state index < -0.39 is 0 Å². The third-order valence-electron chi connectivity index (χ3n) is 3.78. The summed E-state index contributed by atoms with van der Waals surface area (Å²) in [6.07, 6.45) is 3.01. The lowest BCUT2D eigenvalue weighted by Gasteiger charge is -2.32. The van der Waals surface area contributed by atoms with Gasteiger partial charge in [0, 0.05) is 28.8 Å². The highest BCUT2D eigenvalue weighted by atomic mass is 16.3. The molecule has 0 radical (unpaired) electrons. The number of nitrogens with one attached hydrogen (secondary N) is 2. The maximum absolute atomic E-state index is 5.93. The van der Waals surface area contributed by atoms with Gasteiger partial charge in [-0.3, -0.25) is 11.1 Å². The van der Waals surface area contributed by atoms with Crippen molar-refractivity contribution in [2.24, 2.45) is 11.7 Å². The fourth-order valence-corrected chi connectivity index (χ4v) is 2.92. The molecule has 1 aromatic heterocycles. The van der Waals surface area contributed by atoms with Crippen molar-refractivity contribution in [2.45, 2.75) is 12.7 Å². The Hall–Kier alpha value is -1.78. The van der Waals surface area contributed by atoms with Gasteiger partial charge in [-0.05, 0) is 18.6 Å². The Labute approximate surface area is 104 Å². The predicted octanol–water partition coefficient (Wildman–Crippen LogP) is -0.224. The van der Waals surface area contributed by atoms with E-state index in [0.29, 0.717) is 5.92 Å². The summed E-state index contributed by atoms with van der Waals surface area (Å²) in [5.41, 5.74) is 9.07. The lowest BCUT2D eigenvalue weighted by atomic mass is 9.93. The van der Waals surface area contributed by atoms with Crippen molar-refractivity contribution in [1.82, 2.24) is 10.6 Å². The van der Waals surface area contributed by atoms with E-state index in [1.54, 1.807) is 0 Å². The topological polar surface area (TPSA) is 63.2 Å². The molecule has 4 nitrogen and oxygen atoms in total. The molecule has 4 N–H and O–H groups in total. The minimum Gasteiger partial charge on any atom is -0.456 e. The zero-order chi connectivity index (χ0) is 12.1. The van der Waals surface area contributed by atoms with Crippen LogP contribution in [-0.4, -0.2) is 12.8 Å². The molecule has 0 spiro atoms. The summed E-state index contributed by atoms with van der Waals surface area (Å²) < 4.78 is 5.90. The van der Waals surface area contributed by atoms with E-state index in [0.717, 1.165) is 24.0 Å². The van der Waals surface area contributed by atoms with Crippen LogP contribution in [0.5, 0.6) is 0 Å². The average Bonchev–Trinajstić information content (AvgIpc) is 2.77. The number of para-hydroxylation sites is 1. The summed E-state index contributed by atoms with van der Waals surface area (Å²) in [4.78, 5) is 0. The molecule has 1 fully saturated rings. The first-order valence-corrected chi connectivity index (χ1v) is 6.30. The standard InChI is InChI=1S/C14H15N3O/c15-14-16-7-8-5-6-11-12(13(8)17-14)9-3-1-2-4-10(9)18-11/h1-4,6,8,14,16-17H,5,7,15H2. The normalized spacial score (nSPS) is 26.2. The number of hydrogen-bond donors (Lipinski definition) is 3. The first-order valence-electron chi connectivity index (χ1n) is 6.30. The number of fused-ring (bicyclic) bond motifs is 4. The molecule has 0 amide bonds. The minimum absolute atomic E-state index is 0.170. The summed E-state index contributed by atoms with van der Waals surface area (Å²) in [5, 5.41) is 8.97. The van der Waals surface area contributed by atoms with E-state index in [1.165, 1.54) is 16.3 Å². The number of hydrogen-bond acceptors (Lipinski definition) is 4. The van der Waals surface area contributed by atoms with Crippen LogP contribution < -0.4 is 27.0 Å². The average molecular weight is 241 g/mol. The molecule has 1 saturated heterocycles. The highest BCUT2D eigenvalue weighted by molar-refractivity contribution is 5.81. The van der Waals surface area contributed by atoms with Crippen molar-refractivity contribution in [3.05, 3.63) is 34.9 Å². The zero-order valence-electron chi connectivity index (χ0n) is 9.94. The molecular weight excluding hydrogens is 226 g/mol. The molecule has 2 unspecified atom stereocenters. The van der Waals surface area contributed by atoms with Gasteiger partial charge in [-0.2, -0.15) is 0 Å². The highest BCUT2D eigenvalue weighted by Gasteiger charge is 2.26. The number of rotatable bonds is 0. The van der Waals surface area contributed by atoms with E-state index in [2.05, 4.69) is 22.8 Å². The molecule has 18 heavy (non-hydrogen) atoms. The van der Waals surface area contributed by atoms with Crippen LogP contribution in [-0.2, 0) is 0 Å². The van der Waals surface area contributed by atoms with Gasteiger partial charge in [-0.25, -0.2) is 0 Å². The van der Waals surface area contributed by atoms with Crippen LogP contribution in [0.1, 0.15) is 6.42 Å². The van der Waals surface area contributed by atoms with Gasteiger partial charge in [0.1, 0.15) is 17.3 Å². The molecule has 92 valence electrons. The van der Waals surface area contributed by atoms with E-state index in [4.69, 9.17) is 10.2 Å². The summed E-state index contributed by atoms with van der Waals surface area (Å²) in [6.45, 7) is 0.916. The van der Waals surface area contributed by atoms with Gasteiger partial charge < -0.3 is 9.73 Å². The SMILES string of the molecule is NC1NCC2CC=c3oc4ccccc4c3=C2N1. The molecule has 0 saturated carbocycles. The Morgan fingerprint density at radius 1 is 1.28 bits per heavy atom. The van der Waals surface area contributed by atoms with Crippen molar-refractivity contribution < 1.29 is 4.42 Å². The van der Waals surface area contributed by atoms with Crippen LogP contribution in [0.2, 0.25) is 0 Å². The lowest BCUT2D eigenvalue weighted by Crippen LogP contribution is -2.58. The molecular formula is C14H15N3O. The summed E-state index contributed by atoms with van der Waals surface area (Å²) in [5.74, 6) is 0.471. The molecule has 1 aliphatic carbocycles. The quantitative estimate of drug-likeness (QED) is 0.596. The number of nitrogens with two attached hydrogens (primary N) is 1. The van der Waals surface area contributed by atoms with Gasteiger partial charge in [0.15, 0.2) is 0 Å². The third kappa shape index (κ3) is 1.33. The maximum atomic E-state index is 5.93. The van der Waals surface area contributed by atoms with Gasteiger partial charge in [0.05, 0.1) is 0 Å². The van der Waals surface area contributed by atoms with Gasteiger partial charge in [-0.1, -0.05) is 18.2 Å². The summed E-state index contributed by atoms with van der Waals surface area (Å²) >= 11 is 0. The van der Waals surface area contributed by atoms with Crippen molar-refractivity contribution in [3.8, 4) is 0 Å². The van der Waals surface area contributed by atoms with Crippen molar-refractivity contribution >= 4 is 22.7 Å². The monoisotopic (exact) mass is 241 g/mol. The molecule has 2 aliphatic rings. The van der Waals surface area contributed by atoms with Crippen molar-refractivity contribution in [2.75, 3.05) is 6.54 Å². The van der Waals surface area contributed by atoms with Gasteiger partial charge in [0.25, 0.3) is 0 Å². The molecule has 1 aromatic carbocycles. The van der Waals surface area contributed by atoms with Crippen molar-refractivity contribution in [3.63, 3.8) is 0 Å². The molecule has 0 bridgehead atoms. The molecule has 2 aromatic rings. The van der Waals surface area contributed by atoms with Crippen LogP contribution in [0.25, 0.3) is 22.7 Å². The van der Waals surface area contributed by atoms with Gasteiger partial charge in [-0.15, -0.1) is 0 Å². The smallest absolute Gasteiger partial charge is 0.135 e. The van der Waals surface area contributed by atoms with Crippen molar-refractivity contribution in [1.29, 1.82) is 0 Å². The Morgan fingerprint density at radius 3 is 3.11 bits per heavy atom. The second kappa shape index (κ2) is 3.60. The highest BCUT2D eigenvalue weighted by Crippen LogP contribution is 2.20. The fourth-order valence-electron chi connectivity index (χ4n) is 2.92. The van der Waals surface area contributed by atoms with Gasteiger partial charge >= 0.3 is 0 Å². The second-order valence-electron chi connectivity index (χ2n) is 4.92. The lowest BCUT2D eigenvalue weighted by molar-refractivity contribution is 0.393. The largest absolute Gasteiger partial charge is 0.456 e. The maximum Gasteiger partial charge on any atom is 0.135 e. The zero-order valence-corrected chi connectivity index (χ0v) is 9.94.